The lowest BCUT2D eigenvalue weighted by molar-refractivity contribution is -0.143. The molecule has 2 atom stereocenters. The standard InChI is InChI=1S/C13H17ClO2/c1-3-9(2)12(13(15)16)8-10-4-6-11(14)7-5-10/h4-7,9,12H,3,8H2,1-2H3,(H,15,16). The molecule has 0 radical (unpaired) electrons. The first-order valence-corrected chi connectivity index (χ1v) is 5.89. The maximum Gasteiger partial charge on any atom is 0.307 e. The van der Waals surface area contributed by atoms with Crippen LogP contribution in [0.3, 0.4) is 0 Å². The highest BCUT2D eigenvalue weighted by Gasteiger charge is 2.23. The third-order valence-electron chi connectivity index (χ3n) is 3.02. The predicted octanol–water partition coefficient (Wildman–Crippen LogP) is 3.63. The molecule has 1 aromatic carbocycles. The Kier molecular flexibility index (Phi) is 4.81. The molecule has 0 aliphatic rings. The van der Waals surface area contributed by atoms with Crippen molar-refractivity contribution in [2.24, 2.45) is 11.8 Å². The summed E-state index contributed by atoms with van der Waals surface area (Å²) in [5.74, 6) is -0.844. The highest BCUT2D eigenvalue weighted by Crippen LogP contribution is 2.21. The molecule has 0 fully saturated rings. The van der Waals surface area contributed by atoms with Crippen LogP contribution >= 0.6 is 11.6 Å². The first-order chi connectivity index (χ1) is 7.54. The van der Waals surface area contributed by atoms with Gasteiger partial charge in [0, 0.05) is 5.02 Å². The van der Waals surface area contributed by atoms with Crippen LogP contribution in [0.1, 0.15) is 25.8 Å². The second kappa shape index (κ2) is 5.90. The molecule has 0 bridgehead atoms. The Balaban J connectivity index is 2.75. The van der Waals surface area contributed by atoms with E-state index in [4.69, 9.17) is 16.7 Å². The van der Waals surface area contributed by atoms with E-state index in [1.807, 2.05) is 26.0 Å². The number of hydrogen-bond donors (Lipinski definition) is 1. The van der Waals surface area contributed by atoms with Gasteiger partial charge in [-0.05, 0) is 30.0 Å². The average molecular weight is 241 g/mol. The molecule has 0 heterocycles. The molecule has 0 aromatic heterocycles. The van der Waals surface area contributed by atoms with E-state index in [0.717, 1.165) is 12.0 Å². The van der Waals surface area contributed by atoms with Crippen LogP contribution in [0.4, 0.5) is 0 Å². The molecule has 0 saturated carbocycles. The van der Waals surface area contributed by atoms with Crippen LogP contribution < -0.4 is 0 Å². The van der Waals surface area contributed by atoms with Gasteiger partial charge in [-0.2, -0.15) is 0 Å². The van der Waals surface area contributed by atoms with E-state index in [1.54, 1.807) is 12.1 Å². The molecule has 0 amide bonds. The highest BCUT2D eigenvalue weighted by atomic mass is 35.5. The summed E-state index contributed by atoms with van der Waals surface area (Å²) in [5.41, 5.74) is 1.03. The van der Waals surface area contributed by atoms with Crippen LogP contribution in [0, 0.1) is 11.8 Å². The quantitative estimate of drug-likeness (QED) is 0.853. The number of aliphatic carboxylic acids is 1. The van der Waals surface area contributed by atoms with Crippen LogP contribution in [-0.4, -0.2) is 11.1 Å². The molecular weight excluding hydrogens is 224 g/mol. The summed E-state index contributed by atoms with van der Waals surface area (Å²) in [6.45, 7) is 4.00. The zero-order valence-electron chi connectivity index (χ0n) is 9.61. The van der Waals surface area contributed by atoms with Gasteiger partial charge < -0.3 is 5.11 Å². The number of carbonyl (C=O) groups is 1. The summed E-state index contributed by atoms with van der Waals surface area (Å²) >= 11 is 5.78. The van der Waals surface area contributed by atoms with Gasteiger partial charge in [0.05, 0.1) is 5.92 Å². The number of carboxylic acids is 1. The molecule has 0 spiro atoms. The van der Waals surface area contributed by atoms with Crippen molar-refractivity contribution in [3.8, 4) is 0 Å². The Morgan fingerprint density at radius 2 is 1.94 bits per heavy atom. The summed E-state index contributed by atoms with van der Waals surface area (Å²) in [5, 5.41) is 9.84. The topological polar surface area (TPSA) is 37.3 Å². The maximum atomic E-state index is 11.1. The van der Waals surface area contributed by atoms with Crippen LogP contribution in [0.5, 0.6) is 0 Å². The molecule has 16 heavy (non-hydrogen) atoms. The fourth-order valence-corrected chi connectivity index (χ4v) is 1.82. The zero-order valence-corrected chi connectivity index (χ0v) is 10.4. The summed E-state index contributed by atoms with van der Waals surface area (Å²) in [6.07, 6.45) is 1.45. The number of hydrogen-bond acceptors (Lipinski definition) is 1. The molecular formula is C13H17ClO2. The summed E-state index contributed by atoms with van der Waals surface area (Å²) < 4.78 is 0. The maximum absolute atomic E-state index is 11.1. The zero-order chi connectivity index (χ0) is 12.1. The van der Waals surface area contributed by atoms with E-state index < -0.39 is 5.97 Å². The largest absolute Gasteiger partial charge is 0.481 e. The minimum absolute atomic E-state index is 0.188. The van der Waals surface area contributed by atoms with Crippen LogP contribution in [-0.2, 0) is 11.2 Å². The lowest BCUT2D eigenvalue weighted by atomic mass is 9.86. The molecule has 0 aliphatic carbocycles. The number of rotatable bonds is 5. The number of halogens is 1. The normalized spacial score (nSPS) is 14.4. The van der Waals surface area contributed by atoms with Gasteiger partial charge in [0.1, 0.15) is 0 Å². The summed E-state index contributed by atoms with van der Waals surface area (Å²) in [7, 11) is 0. The molecule has 2 unspecified atom stereocenters. The van der Waals surface area contributed by atoms with Gasteiger partial charge in [-0.1, -0.05) is 44.0 Å². The Labute approximate surface area is 101 Å². The monoisotopic (exact) mass is 240 g/mol. The van der Waals surface area contributed by atoms with E-state index in [0.29, 0.717) is 11.4 Å². The fraction of sp³-hybridized carbons (Fsp3) is 0.462. The van der Waals surface area contributed by atoms with Gasteiger partial charge in [0.25, 0.3) is 0 Å². The van der Waals surface area contributed by atoms with E-state index >= 15 is 0 Å². The van der Waals surface area contributed by atoms with Crippen molar-refractivity contribution in [3.63, 3.8) is 0 Å². The molecule has 88 valence electrons. The van der Waals surface area contributed by atoms with E-state index in [-0.39, 0.29) is 11.8 Å². The van der Waals surface area contributed by atoms with E-state index in [1.165, 1.54) is 0 Å². The third kappa shape index (κ3) is 3.53. The van der Waals surface area contributed by atoms with Crippen molar-refractivity contribution in [2.75, 3.05) is 0 Å². The molecule has 2 nitrogen and oxygen atoms in total. The molecule has 0 saturated heterocycles. The van der Waals surface area contributed by atoms with Gasteiger partial charge in [0.15, 0.2) is 0 Å². The van der Waals surface area contributed by atoms with Crippen LogP contribution in [0.15, 0.2) is 24.3 Å². The van der Waals surface area contributed by atoms with Gasteiger partial charge in [-0.15, -0.1) is 0 Å². The SMILES string of the molecule is CCC(C)C(Cc1ccc(Cl)cc1)C(=O)O. The van der Waals surface area contributed by atoms with Crippen molar-refractivity contribution < 1.29 is 9.90 Å². The lowest BCUT2D eigenvalue weighted by Gasteiger charge is -2.18. The van der Waals surface area contributed by atoms with Crippen molar-refractivity contribution in [1.82, 2.24) is 0 Å². The minimum Gasteiger partial charge on any atom is -0.481 e. The summed E-state index contributed by atoms with van der Waals surface area (Å²) in [4.78, 5) is 11.1. The molecule has 1 rings (SSSR count). The second-order valence-corrected chi connectivity index (χ2v) is 4.60. The lowest BCUT2D eigenvalue weighted by Crippen LogP contribution is -2.23. The number of benzene rings is 1. The van der Waals surface area contributed by atoms with Crippen molar-refractivity contribution in [2.45, 2.75) is 26.7 Å². The van der Waals surface area contributed by atoms with Crippen molar-refractivity contribution in [3.05, 3.63) is 34.9 Å². The second-order valence-electron chi connectivity index (χ2n) is 4.16. The van der Waals surface area contributed by atoms with Gasteiger partial charge in [-0.25, -0.2) is 0 Å². The van der Waals surface area contributed by atoms with Crippen molar-refractivity contribution in [1.29, 1.82) is 0 Å². The average Bonchev–Trinajstić information content (AvgIpc) is 2.27. The molecule has 1 N–H and O–H groups in total. The van der Waals surface area contributed by atoms with Gasteiger partial charge >= 0.3 is 5.97 Å². The van der Waals surface area contributed by atoms with Gasteiger partial charge in [0.2, 0.25) is 0 Å². The Bertz CT molecular complexity index is 345. The first kappa shape index (κ1) is 13.0. The smallest absolute Gasteiger partial charge is 0.307 e. The van der Waals surface area contributed by atoms with Crippen LogP contribution in [0.25, 0.3) is 0 Å². The fourth-order valence-electron chi connectivity index (χ4n) is 1.69. The third-order valence-corrected chi connectivity index (χ3v) is 3.27. The van der Waals surface area contributed by atoms with E-state index in [2.05, 4.69) is 0 Å². The Morgan fingerprint density at radius 3 is 2.38 bits per heavy atom. The summed E-state index contributed by atoms with van der Waals surface area (Å²) in [6, 6.07) is 7.38. The first-order valence-electron chi connectivity index (χ1n) is 5.51. The molecule has 1 aromatic rings. The minimum atomic E-state index is -0.718. The molecule has 0 aliphatic heterocycles. The van der Waals surface area contributed by atoms with Crippen LogP contribution in [0.2, 0.25) is 5.02 Å². The highest BCUT2D eigenvalue weighted by molar-refractivity contribution is 6.30. The Hall–Kier alpha value is -1.02. The van der Waals surface area contributed by atoms with Gasteiger partial charge in [-0.3, -0.25) is 4.79 Å². The van der Waals surface area contributed by atoms with Crippen molar-refractivity contribution >= 4 is 17.6 Å². The van der Waals surface area contributed by atoms with E-state index in [9.17, 15) is 4.79 Å². The molecule has 3 heteroatoms. The number of carboxylic acid groups (broad SMARTS) is 1. The predicted molar refractivity (Wildman–Crippen MR) is 65.7 cm³/mol. The Morgan fingerprint density at radius 1 is 1.38 bits per heavy atom.